The first-order chi connectivity index (χ1) is 14.7. The zero-order chi connectivity index (χ0) is 22.2. The molecule has 2 N–H and O–H groups in total. The number of amides is 4. The molecular formula is C24H34N4O3. The Morgan fingerprint density at radius 3 is 2.55 bits per heavy atom. The lowest BCUT2D eigenvalue weighted by molar-refractivity contribution is -0.136. The third-order valence-corrected chi connectivity index (χ3v) is 6.80. The number of carbonyl (C=O) groups excluding carboxylic acids is 3. The molecule has 1 aromatic rings. The summed E-state index contributed by atoms with van der Waals surface area (Å²) in [6.45, 7) is 8.06. The summed E-state index contributed by atoms with van der Waals surface area (Å²) in [4.78, 5) is 42.2. The fraction of sp³-hybridized carbons (Fsp3) is 0.625. The van der Waals surface area contributed by atoms with Gasteiger partial charge < -0.3 is 15.5 Å². The molecule has 4 amide bonds. The van der Waals surface area contributed by atoms with Crippen LogP contribution in [0.25, 0.3) is 0 Å². The van der Waals surface area contributed by atoms with E-state index >= 15 is 0 Å². The number of para-hydroxylation sites is 2. The van der Waals surface area contributed by atoms with Gasteiger partial charge in [0.2, 0.25) is 5.91 Å². The number of benzene rings is 1. The molecule has 3 fully saturated rings. The lowest BCUT2D eigenvalue weighted by Gasteiger charge is -2.43. The largest absolute Gasteiger partial charge is 0.370 e. The molecule has 2 atom stereocenters. The lowest BCUT2D eigenvalue weighted by Crippen LogP contribution is -2.54. The molecule has 1 saturated carbocycles. The second kappa shape index (κ2) is 8.17. The molecule has 3 aliphatic rings. The molecule has 168 valence electrons. The molecule has 4 rings (SSSR count). The van der Waals surface area contributed by atoms with Gasteiger partial charge in [0, 0.05) is 13.1 Å². The van der Waals surface area contributed by atoms with E-state index < -0.39 is 11.6 Å². The van der Waals surface area contributed by atoms with Crippen molar-refractivity contribution >= 4 is 29.2 Å². The van der Waals surface area contributed by atoms with Gasteiger partial charge in [-0.25, -0.2) is 4.79 Å². The molecule has 0 radical (unpaired) electrons. The van der Waals surface area contributed by atoms with Gasteiger partial charge in [-0.15, -0.1) is 0 Å². The van der Waals surface area contributed by atoms with Crippen LogP contribution in [0.4, 0.5) is 16.2 Å². The van der Waals surface area contributed by atoms with Crippen LogP contribution < -0.4 is 15.5 Å². The second-order valence-electron chi connectivity index (χ2n) is 10.4. The van der Waals surface area contributed by atoms with Gasteiger partial charge in [-0.05, 0) is 62.0 Å². The Kier molecular flexibility index (Phi) is 5.71. The number of hydrogen-bond donors (Lipinski definition) is 2. The van der Waals surface area contributed by atoms with Crippen LogP contribution in [0.2, 0.25) is 0 Å². The number of anilines is 2. The van der Waals surface area contributed by atoms with Crippen LogP contribution in [0.5, 0.6) is 0 Å². The van der Waals surface area contributed by atoms with Crippen LogP contribution in [0, 0.1) is 11.3 Å². The van der Waals surface area contributed by atoms with E-state index in [4.69, 9.17) is 0 Å². The Hall–Kier alpha value is -2.57. The highest BCUT2D eigenvalue weighted by Gasteiger charge is 2.56. The number of nitrogens with zero attached hydrogens (tertiary/aromatic N) is 2. The number of nitrogens with one attached hydrogen (secondary N) is 2. The van der Waals surface area contributed by atoms with Gasteiger partial charge in [0.15, 0.2) is 0 Å². The van der Waals surface area contributed by atoms with Crippen LogP contribution >= 0.6 is 0 Å². The standard InChI is InChI=1S/C24H34N4O3/c1-17-13-23(2,3)16-24(14-17)21(30)28(22(31)26-24)15-20(29)25-18-9-5-6-10-19(18)27-11-7-4-8-12-27/h5-6,9-10,17H,4,7-8,11-16H2,1-3H3,(H,25,29)(H,26,31)/t17-,24-/m1/s1. The first-order valence-corrected chi connectivity index (χ1v) is 11.5. The molecule has 31 heavy (non-hydrogen) atoms. The third kappa shape index (κ3) is 4.41. The Morgan fingerprint density at radius 2 is 1.84 bits per heavy atom. The minimum Gasteiger partial charge on any atom is -0.370 e. The second-order valence-corrected chi connectivity index (χ2v) is 10.4. The monoisotopic (exact) mass is 426 g/mol. The van der Waals surface area contributed by atoms with E-state index in [0.717, 1.165) is 48.6 Å². The molecule has 0 bridgehead atoms. The van der Waals surface area contributed by atoms with E-state index in [1.807, 2.05) is 24.3 Å². The van der Waals surface area contributed by atoms with Crippen molar-refractivity contribution in [3.05, 3.63) is 24.3 Å². The highest BCUT2D eigenvalue weighted by atomic mass is 16.2. The average molecular weight is 427 g/mol. The van der Waals surface area contributed by atoms with Crippen molar-refractivity contribution in [1.29, 1.82) is 0 Å². The Morgan fingerprint density at radius 1 is 1.13 bits per heavy atom. The molecule has 0 unspecified atom stereocenters. The summed E-state index contributed by atoms with van der Waals surface area (Å²) in [7, 11) is 0. The summed E-state index contributed by atoms with van der Waals surface area (Å²) in [5.41, 5.74) is 0.798. The van der Waals surface area contributed by atoms with Gasteiger partial charge >= 0.3 is 6.03 Å². The van der Waals surface area contributed by atoms with Crippen LogP contribution in [-0.4, -0.2) is 47.9 Å². The molecular weight excluding hydrogens is 392 g/mol. The molecule has 0 aromatic heterocycles. The molecule has 1 aliphatic carbocycles. The van der Waals surface area contributed by atoms with Crippen LogP contribution in [0.15, 0.2) is 24.3 Å². The maximum absolute atomic E-state index is 13.3. The minimum atomic E-state index is -0.885. The third-order valence-electron chi connectivity index (χ3n) is 6.80. The summed E-state index contributed by atoms with van der Waals surface area (Å²) in [5, 5.41) is 5.87. The van der Waals surface area contributed by atoms with Crippen LogP contribution in [0.1, 0.15) is 59.3 Å². The first-order valence-electron chi connectivity index (χ1n) is 11.5. The summed E-state index contributed by atoms with van der Waals surface area (Å²) in [6.07, 6.45) is 5.75. The van der Waals surface area contributed by atoms with Crippen molar-refractivity contribution in [2.24, 2.45) is 11.3 Å². The Balaban J connectivity index is 1.46. The summed E-state index contributed by atoms with van der Waals surface area (Å²) >= 11 is 0. The summed E-state index contributed by atoms with van der Waals surface area (Å²) < 4.78 is 0. The zero-order valence-corrected chi connectivity index (χ0v) is 18.9. The minimum absolute atomic E-state index is 0.0355. The van der Waals surface area contributed by atoms with E-state index in [0.29, 0.717) is 18.8 Å². The molecule has 2 heterocycles. The molecule has 1 spiro atoms. The number of piperidine rings is 1. The van der Waals surface area contributed by atoms with Crippen LogP contribution in [-0.2, 0) is 9.59 Å². The summed E-state index contributed by atoms with van der Waals surface area (Å²) in [5.74, 6) is -0.289. The van der Waals surface area contributed by atoms with E-state index in [9.17, 15) is 14.4 Å². The Labute approximate surface area is 184 Å². The molecule has 1 aromatic carbocycles. The number of imide groups is 1. The maximum Gasteiger partial charge on any atom is 0.325 e. The van der Waals surface area contributed by atoms with Gasteiger partial charge in [0.25, 0.3) is 5.91 Å². The lowest BCUT2D eigenvalue weighted by atomic mass is 9.64. The van der Waals surface area contributed by atoms with Crippen molar-refractivity contribution < 1.29 is 14.4 Å². The van der Waals surface area contributed by atoms with Crippen LogP contribution in [0.3, 0.4) is 0 Å². The smallest absolute Gasteiger partial charge is 0.325 e. The summed E-state index contributed by atoms with van der Waals surface area (Å²) in [6, 6.07) is 7.27. The number of urea groups is 1. The predicted molar refractivity (Wildman–Crippen MR) is 121 cm³/mol. The average Bonchev–Trinajstić information content (AvgIpc) is 2.90. The van der Waals surface area contributed by atoms with Gasteiger partial charge in [-0.3, -0.25) is 14.5 Å². The quantitative estimate of drug-likeness (QED) is 0.719. The maximum atomic E-state index is 13.3. The fourth-order valence-corrected chi connectivity index (χ4v) is 5.97. The fourth-order valence-electron chi connectivity index (χ4n) is 5.97. The van der Waals surface area contributed by atoms with E-state index in [-0.39, 0.29) is 23.8 Å². The van der Waals surface area contributed by atoms with Crippen molar-refractivity contribution in [2.75, 3.05) is 29.9 Å². The molecule has 2 saturated heterocycles. The topological polar surface area (TPSA) is 81.8 Å². The highest BCUT2D eigenvalue weighted by Crippen LogP contribution is 2.46. The van der Waals surface area contributed by atoms with Gasteiger partial charge in [0.05, 0.1) is 11.4 Å². The number of carbonyl (C=O) groups is 3. The van der Waals surface area contributed by atoms with Gasteiger partial charge in [0.1, 0.15) is 12.1 Å². The van der Waals surface area contributed by atoms with Crippen molar-refractivity contribution in [3.8, 4) is 0 Å². The zero-order valence-electron chi connectivity index (χ0n) is 18.9. The van der Waals surface area contributed by atoms with Gasteiger partial charge in [-0.2, -0.15) is 0 Å². The predicted octanol–water partition coefficient (Wildman–Crippen LogP) is 3.75. The first kappa shape index (κ1) is 21.7. The normalized spacial score (nSPS) is 28.0. The van der Waals surface area contributed by atoms with Gasteiger partial charge in [-0.1, -0.05) is 32.9 Å². The molecule has 7 nitrogen and oxygen atoms in total. The molecule has 2 aliphatic heterocycles. The highest BCUT2D eigenvalue weighted by molar-refractivity contribution is 6.10. The van der Waals surface area contributed by atoms with Crippen molar-refractivity contribution in [2.45, 2.75) is 64.8 Å². The van der Waals surface area contributed by atoms with Crippen molar-refractivity contribution in [3.63, 3.8) is 0 Å². The number of hydrogen-bond acceptors (Lipinski definition) is 4. The molecule has 7 heteroatoms. The van der Waals surface area contributed by atoms with E-state index in [2.05, 4.69) is 36.3 Å². The van der Waals surface area contributed by atoms with E-state index in [1.165, 1.54) is 6.42 Å². The number of rotatable bonds is 4. The van der Waals surface area contributed by atoms with E-state index in [1.54, 1.807) is 0 Å². The Bertz CT molecular complexity index is 877. The SMILES string of the molecule is C[C@@H]1CC(C)(C)C[C@@]2(C1)NC(=O)N(CC(=O)Nc1ccccc1N1CCCCC1)C2=O. The van der Waals surface area contributed by atoms with Crippen molar-refractivity contribution in [1.82, 2.24) is 10.2 Å².